The molecule has 0 bridgehead atoms. The van der Waals surface area contributed by atoms with E-state index in [0.29, 0.717) is 25.4 Å². The van der Waals surface area contributed by atoms with Crippen molar-refractivity contribution in [2.75, 3.05) is 20.1 Å². The second-order valence-electron chi connectivity index (χ2n) is 4.60. The van der Waals surface area contributed by atoms with Gasteiger partial charge in [-0.25, -0.2) is 8.78 Å². The molecule has 1 heterocycles. The maximum absolute atomic E-state index is 13.4. The second kappa shape index (κ2) is 3.91. The van der Waals surface area contributed by atoms with E-state index in [9.17, 15) is 8.78 Å². The third kappa shape index (κ3) is 2.90. The molecule has 0 amide bonds. The predicted molar refractivity (Wildman–Crippen MR) is 50.0 cm³/mol. The molecule has 1 aliphatic rings. The van der Waals surface area contributed by atoms with Crippen LogP contribution in [0.2, 0.25) is 0 Å². The fourth-order valence-electron chi connectivity index (χ4n) is 1.96. The maximum atomic E-state index is 13.4. The Labute approximate surface area is 79.1 Å². The Kier molecular flexibility index (Phi) is 3.28. The molecule has 1 atom stereocenters. The van der Waals surface area contributed by atoms with Crippen LogP contribution in [-0.2, 0) is 0 Å². The summed E-state index contributed by atoms with van der Waals surface area (Å²) in [5, 5.41) is 0. The van der Waals surface area contributed by atoms with Crippen molar-refractivity contribution in [3.05, 3.63) is 0 Å². The Bertz CT molecular complexity index is 166. The molecule has 0 aliphatic carbocycles. The molecule has 1 saturated heterocycles. The molecule has 1 fully saturated rings. The minimum absolute atomic E-state index is 0.0287. The molecule has 0 spiro atoms. The molecule has 1 rings (SSSR count). The minimum atomic E-state index is -2.43. The van der Waals surface area contributed by atoms with E-state index in [1.807, 2.05) is 25.8 Å². The summed E-state index contributed by atoms with van der Waals surface area (Å²) in [7, 11) is 1.92. The van der Waals surface area contributed by atoms with E-state index in [-0.39, 0.29) is 6.42 Å². The molecule has 0 saturated carbocycles. The normalized spacial score (nSPS) is 29.5. The summed E-state index contributed by atoms with van der Waals surface area (Å²) in [4.78, 5) is 2.00. The Morgan fingerprint density at radius 3 is 2.62 bits per heavy atom. The van der Waals surface area contributed by atoms with Crippen LogP contribution in [-0.4, -0.2) is 31.0 Å². The highest BCUT2D eigenvalue weighted by molar-refractivity contribution is 4.85. The molecular formula is C10H19F2N. The van der Waals surface area contributed by atoms with Gasteiger partial charge in [-0.15, -0.1) is 0 Å². The third-order valence-electron chi connectivity index (χ3n) is 2.71. The summed E-state index contributed by atoms with van der Waals surface area (Å²) in [6.45, 7) is 5.09. The molecule has 1 aliphatic heterocycles. The average molecular weight is 191 g/mol. The van der Waals surface area contributed by atoms with E-state index in [1.54, 1.807) is 0 Å². The topological polar surface area (TPSA) is 3.24 Å². The lowest BCUT2D eigenvalue weighted by Crippen LogP contribution is -2.45. The Morgan fingerprint density at radius 2 is 2.08 bits per heavy atom. The quantitative estimate of drug-likeness (QED) is 0.648. The molecule has 1 nitrogen and oxygen atoms in total. The van der Waals surface area contributed by atoms with Crippen LogP contribution < -0.4 is 0 Å². The van der Waals surface area contributed by atoms with E-state index in [2.05, 4.69) is 0 Å². The van der Waals surface area contributed by atoms with Crippen LogP contribution in [0.3, 0.4) is 0 Å². The third-order valence-corrected chi connectivity index (χ3v) is 2.71. The van der Waals surface area contributed by atoms with Gasteiger partial charge < -0.3 is 4.90 Å². The summed E-state index contributed by atoms with van der Waals surface area (Å²) in [6, 6.07) is 0. The maximum Gasteiger partial charge on any atom is 0.253 e. The Balaban J connectivity index is 2.56. The van der Waals surface area contributed by atoms with Gasteiger partial charge in [-0.1, -0.05) is 13.8 Å². The molecule has 0 aromatic carbocycles. The average Bonchev–Trinajstić information content (AvgIpc) is 1.97. The van der Waals surface area contributed by atoms with Crippen LogP contribution in [0.1, 0.15) is 26.7 Å². The monoisotopic (exact) mass is 191 g/mol. The van der Waals surface area contributed by atoms with Crippen LogP contribution in [0.4, 0.5) is 8.78 Å². The van der Waals surface area contributed by atoms with Gasteiger partial charge in [0.2, 0.25) is 0 Å². The highest BCUT2D eigenvalue weighted by Gasteiger charge is 2.42. The van der Waals surface area contributed by atoms with Gasteiger partial charge in [0.25, 0.3) is 5.92 Å². The number of piperidine rings is 1. The largest absolute Gasteiger partial charge is 0.306 e. The molecule has 1 unspecified atom stereocenters. The van der Waals surface area contributed by atoms with E-state index in [4.69, 9.17) is 0 Å². The lowest BCUT2D eigenvalue weighted by Gasteiger charge is -2.37. The number of halogens is 2. The SMILES string of the molecule is CC(C)CC1CN(C)CCC1(F)F. The lowest BCUT2D eigenvalue weighted by atomic mass is 9.86. The summed E-state index contributed by atoms with van der Waals surface area (Å²) in [6.07, 6.45) is 0.665. The first-order valence-electron chi connectivity index (χ1n) is 4.98. The van der Waals surface area contributed by atoms with Crippen molar-refractivity contribution in [1.29, 1.82) is 0 Å². The Morgan fingerprint density at radius 1 is 1.46 bits per heavy atom. The zero-order chi connectivity index (χ0) is 10.1. The first-order valence-corrected chi connectivity index (χ1v) is 4.98. The van der Waals surface area contributed by atoms with E-state index < -0.39 is 11.8 Å². The molecule has 3 heteroatoms. The molecule has 78 valence electrons. The fourth-order valence-corrected chi connectivity index (χ4v) is 1.96. The van der Waals surface area contributed by atoms with Crippen molar-refractivity contribution >= 4 is 0 Å². The van der Waals surface area contributed by atoms with Gasteiger partial charge in [0.1, 0.15) is 0 Å². The predicted octanol–water partition coefficient (Wildman–Crippen LogP) is 2.62. The van der Waals surface area contributed by atoms with Gasteiger partial charge in [-0.2, -0.15) is 0 Å². The van der Waals surface area contributed by atoms with Crippen LogP contribution in [0, 0.1) is 11.8 Å². The van der Waals surface area contributed by atoms with Gasteiger partial charge in [0.05, 0.1) is 0 Å². The molecular weight excluding hydrogens is 172 g/mol. The molecule has 13 heavy (non-hydrogen) atoms. The van der Waals surface area contributed by atoms with Crippen molar-refractivity contribution < 1.29 is 8.78 Å². The van der Waals surface area contributed by atoms with Crippen LogP contribution in [0.15, 0.2) is 0 Å². The van der Waals surface area contributed by atoms with Crippen molar-refractivity contribution in [3.63, 3.8) is 0 Å². The van der Waals surface area contributed by atoms with Crippen LogP contribution >= 0.6 is 0 Å². The molecule has 0 radical (unpaired) electrons. The zero-order valence-electron chi connectivity index (χ0n) is 8.69. The van der Waals surface area contributed by atoms with Gasteiger partial charge >= 0.3 is 0 Å². The molecule has 0 aromatic rings. The smallest absolute Gasteiger partial charge is 0.253 e. The zero-order valence-corrected chi connectivity index (χ0v) is 8.69. The number of rotatable bonds is 2. The summed E-state index contributed by atoms with van der Waals surface area (Å²) < 4.78 is 26.8. The number of nitrogens with zero attached hydrogens (tertiary/aromatic N) is 1. The van der Waals surface area contributed by atoms with Gasteiger partial charge in [-0.3, -0.25) is 0 Å². The number of likely N-dealkylation sites (tertiary alicyclic amines) is 1. The fraction of sp³-hybridized carbons (Fsp3) is 1.00. The van der Waals surface area contributed by atoms with Crippen molar-refractivity contribution in [1.82, 2.24) is 4.90 Å². The number of hydrogen-bond acceptors (Lipinski definition) is 1. The number of alkyl halides is 2. The highest BCUT2D eigenvalue weighted by atomic mass is 19.3. The van der Waals surface area contributed by atoms with Gasteiger partial charge in [0, 0.05) is 25.4 Å². The van der Waals surface area contributed by atoms with Gasteiger partial charge in [-0.05, 0) is 19.4 Å². The summed E-state index contributed by atoms with van der Waals surface area (Å²) >= 11 is 0. The van der Waals surface area contributed by atoms with Crippen LogP contribution in [0.25, 0.3) is 0 Å². The van der Waals surface area contributed by atoms with E-state index in [0.717, 1.165) is 0 Å². The van der Waals surface area contributed by atoms with Gasteiger partial charge in [0.15, 0.2) is 0 Å². The lowest BCUT2D eigenvalue weighted by molar-refractivity contribution is -0.107. The minimum Gasteiger partial charge on any atom is -0.306 e. The standard InChI is InChI=1S/C10H19F2N/c1-8(2)6-9-7-13(3)5-4-10(9,11)12/h8-9H,4-7H2,1-3H3. The van der Waals surface area contributed by atoms with Crippen molar-refractivity contribution in [2.24, 2.45) is 11.8 Å². The van der Waals surface area contributed by atoms with Crippen molar-refractivity contribution in [2.45, 2.75) is 32.6 Å². The first kappa shape index (κ1) is 10.9. The second-order valence-corrected chi connectivity index (χ2v) is 4.60. The highest BCUT2D eigenvalue weighted by Crippen LogP contribution is 2.36. The molecule has 0 N–H and O–H groups in total. The van der Waals surface area contributed by atoms with E-state index in [1.165, 1.54) is 0 Å². The Hall–Kier alpha value is -0.180. The summed E-state index contributed by atoms with van der Waals surface area (Å²) in [5.74, 6) is -2.51. The number of hydrogen-bond donors (Lipinski definition) is 0. The first-order chi connectivity index (χ1) is 5.92. The van der Waals surface area contributed by atoms with Crippen LogP contribution in [0.5, 0.6) is 0 Å². The van der Waals surface area contributed by atoms with E-state index >= 15 is 0 Å². The van der Waals surface area contributed by atoms with Crippen molar-refractivity contribution in [3.8, 4) is 0 Å². The summed E-state index contributed by atoms with van der Waals surface area (Å²) in [5.41, 5.74) is 0. The molecule has 0 aromatic heterocycles.